The Labute approximate surface area is 152 Å². The van der Waals surface area contributed by atoms with Crippen LogP contribution in [0.2, 0.25) is 0 Å². The van der Waals surface area contributed by atoms with E-state index in [1.54, 1.807) is 55.6 Å². The fourth-order valence-electron chi connectivity index (χ4n) is 2.42. The first kappa shape index (κ1) is 19.3. The van der Waals surface area contributed by atoms with Crippen molar-refractivity contribution in [2.75, 3.05) is 13.7 Å². The summed E-state index contributed by atoms with van der Waals surface area (Å²) in [7, 11) is 1.54. The number of carbonyl (C=O) groups excluding carboxylic acids is 2. The summed E-state index contributed by atoms with van der Waals surface area (Å²) in [6, 6.07) is 12.9. The number of carboxylic acids is 1. The highest BCUT2D eigenvalue weighted by atomic mass is 16.5. The van der Waals surface area contributed by atoms with E-state index in [0.717, 1.165) is 6.42 Å². The van der Waals surface area contributed by atoms with E-state index >= 15 is 0 Å². The van der Waals surface area contributed by atoms with Gasteiger partial charge in [-0.3, -0.25) is 4.79 Å². The number of benzene rings is 2. The molecular weight excluding hydrogens is 334 g/mol. The highest BCUT2D eigenvalue weighted by Crippen LogP contribution is 2.21. The third kappa shape index (κ3) is 5.51. The summed E-state index contributed by atoms with van der Waals surface area (Å²) in [5, 5.41) is 13.8. The maximum Gasteiger partial charge on any atom is 0.251 e. The number of nitrogens with one attached hydrogen (secondary N) is 1. The molecule has 0 heterocycles. The van der Waals surface area contributed by atoms with Gasteiger partial charge in [0.25, 0.3) is 5.91 Å². The zero-order chi connectivity index (χ0) is 18.9. The van der Waals surface area contributed by atoms with Gasteiger partial charge in [0.1, 0.15) is 11.5 Å². The number of methoxy groups -OCH3 is 1. The molecule has 0 aromatic heterocycles. The van der Waals surface area contributed by atoms with Gasteiger partial charge in [0.15, 0.2) is 0 Å². The Morgan fingerprint density at radius 3 is 2.19 bits per heavy atom. The highest BCUT2D eigenvalue weighted by molar-refractivity contribution is 5.94. The van der Waals surface area contributed by atoms with Crippen LogP contribution in [0, 0.1) is 0 Å². The molecule has 1 atom stereocenters. The van der Waals surface area contributed by atoms with E-state index < -0.39 is 12.0 Å². The van der Waals surface area contributed by atoms with Crippen LogP contribution in [-0.2, 0) is 4.79 Å². The first-order valence-corrected chi connectivity index (χ1v) is 8.41. The second-order valence-electron chi connectivity index (χ2n) is 5.75. The molecule has 0 aliphatic rings. The van der Waals surface area contributed by atoms with E-state index in [9.17, 15) is 14.7 Å². The predicted octanol–water partition coefficient (Wildman–Crippen LogP) is 2.10. The molecule has 2 rings (SSSR count). The number of aliphatic carboxylic acids is 1. The molecule has 1 amide bonds. The Bertz CT molecular complexity index is 725. The lowest BCUT2D eigenvalue weighted by atomic mass is 10.0. The molecule has 0 aliphatic heterocycles. The van der Waals surface area contributed by atoms with Gasteiger partial charge in [-0.2, -0.15) is 0 Å². The van der Waals surface area contributed by atoms with E-state index in [1.165, 1.54) is 0 Å². The molecule has 2 aromatic rings. The SMILES string of the molecule is CCCOc1ccc([C@H](CC(=O)[O-])NC(=O)c2ccc(OC)cc2)cc1. The minimum Gasteiger partial charge on any atom is -0.550 e. The lowest BCUT2D eigenvalue weighted by molar-refractivity contribution is -0.306. The quantitative estimate of drug-likeness (QED) is 0.743. The Balaban J connectivity index is 2.12. The van der Waals surface area contributed by atoms with Gasteiger partial charge in [0.2, 0.25) is 0 Å². The molecule has 0 fully saturated rings. The van der Waals surface area contributed by atoms with Crippen LogP contribution in [0.4, 0.5) is 0 Å². The van der Waals surface area contributed by atoms with Crippen LogP contribution in [0.3, 0.4) is 0 Å². The molecule has 1 N–H and O–H groups in total. The standard InChI is InChI=1S/C20H23NO5/c1-3-12-26-17-10-4-14(5-11-17)18(13-19(22)23)21-20(24)15-6-8-16(25-2)9-7-15/h4-11,18H,3,12-13H2,1-2H3,(H,21,24)(H,22,23)/p-1/t18-/m0/s1. The minimum absolute atomic E-state index is 0.322. The summed E-state index contributed by atoms with van der Waals surface area (Å²) in [5.41, 5.74) is 1.08. The number of hydrogen-bond acceptors (Lipinski definition) is 5. The van der Waals surface area contributed by atoms with Crippen molar-refractivity contribution < 1.29 is 24.2 Å². The van der Waals surface area contributed by atoms with Gasteiger partial charge < -0.3 is 24.7 Å². The van der Waals surface area contributed by atoms with E-state index in [1.807, 2.05) is 6.92 Å². The van der Waals surface area contributed by atoms with E-state index in [-0.39, 0.29) is 12.3 Å². The fraction of sp³-hybridized carbons (Fsp3) is 0.300. The molecule has 0 aliphatic carbocycles. The fourth-order valence-corrected chi connectivity index (χ4v) is 2.42. The van der Waals surface area contributed by atoms with E-state index in [4.69, 9.17) is 9.47 Å². The average molecular weight is 356 g/mol. The van der Waals surface area contributed by atoms with Crippen LogP contribution in [0.1, 0.15) is 41.7 Å². The van der Waals surface area contributed by atoms with Gasteiger partial charge in [-0.15, -0.1) is 0 Å². The summed E-state index contributed by atoms with van der Waals surface area (Å²) >= 11 is 0. The molecule has 0 spiro atoms. The number of carboxylic acid groups (broad SMARTS) is 1. The summed E-state index contributed by atoms with van der Waals surface area (Å²) in [6.07, 6.45) is 0.573. The number of amides is 1. The van der Waals surface area contributed by atoms with Crippen LogP contribution in [0.5, 0.6) is 11.5 Å². The molecular formula is C20H22NO5-. The average Bonchev–Trinajstić information content (AvgIpc) is 2.66. The molecule has 0 unspecified atom stereocenters. The molecule has 0 bridgehead atoms. The Morgan fingerprint density at radius 1 is 1.04 bits per heavy atom. The number of hydrogen-bond donors (Lipinski definition) is 1. The Hall–Kier alpha value is -3.02. The van der Waals surface area contributed by atoms with Gasteiger partial charge in [0, 0.05) is 18.0 Å². The van der Waals surface area contributed by atoms with E-state index in [2.05, 4.69) is 5.32 Å². The maximum atomic E-state index is 12.4. The third-order valence-electron chi connectivity index (χ3n) is 3.78. The largest absolute Gasteiger partial charge is 0.550 e. The van der Waals surface area contributed by atoms with Crippen molar-refractivity contribution in [3.63, 3.8) is 0 Å². The van der Waals surface area contributed by atoms with Gasteiger partial charge in [0.05, 0.1) is 19.8 Å². The monoisotopic (exact) mass is 356 g/mol. The van der Waals surface area contributed by atoms with Crippen LogP contribution < -0.4 is 19.9 Å². The van der Waals surface area contributed by atoms with Gasteiger partial charge in [-0.05, 0) is 48.4 Å². The van der Waals surface area contributed by atoms with Gasteiger partial charge in [-0.1, -0.05) is 19.1 Å². The maximum absolute atomic E-state index is 12.4. The smallest absolute Gasteiger partial charge is 0.251 e. The summed E-state index contributed by atoms with van der Waals surface area (Å²) in [6.45, 7) is 2.62. The zero-order valence-corrected chi connectivity index (χ0v) is 14.9. The Morgan fingerprint density at radius 2 is 1.65 bits per heavy atom. The van der Waals surface area contributed by atoms with E-state index in [0.29, 0.717) is 29.2 Å². The molecule has 2 aromatic carbocycles. The van der Waals surface area contributed by atoms with Gasteiger partial charge in [-0.25, -0.2) is 0 Å². The Kier molecular flexibility index (Phi) is 7.02. The van der Waals surface area contributed by atoms with Crippen molar-refractivity contribution in [2.24, 2.45) is 0 Å². The number of rotatable bonds is 9. The predicted molar refractivity (Wildman–Crippen MR) is 95.1 cm³/mol. The summed E-state index contributed by atoms with van der Waals surface area (Å²) in [4.78, 5) is 23.5. The molecule has 6 heteroatoms. The molecule has 0 radical (unpaired) electrons. The molecule has 0 saturated carbocycles. The molecule has 0 saturated heterocycles. The molecule has 6 nitrogen and oxygen atoms in total. The normalized spacial score (nSPS) is 11.5. The van der Waals surface area contributed by atoms with Crippen molar-refractivity contribution in [1.29, 1.82) is 0 Å². The van der Waals surface area contributed by atoms with Crippen LogP contribution >= 0.6 is 0 Å². The first-order valence-electron chi connectivity index (χ1n) is 8.41. The molecule has 26 heavy (non-hydrogen) atoms. The second kappa shape index (κ2) is 9.46. The lowest BCUT2D eigenvalue weighted by Gasteiger charge is -2.20. The van der Waals surface area contributed by atoms with Crippen LogP contribution in [0.15, 0.2) is 48.5 Å². The lowest BCUT2D eigenvalue weighted by Crippen LogP contribution is -2.34. The van der Waals surface area contributed by atoms with Crippen molar-refractivity contribution in [3.05, 3.63) is 59.7 Å². The zero-order valence-electron chi connectivity index (χ0n) is 14.9. The minimum atomic E-state index is -1.24. The van der Waals surface area contributed by atoms with Crippen molar-refractivity contribution in [3.8, 4) is 11.5 Å². The number of ether oxygens (including phenoxy) is 2. The highest BCUT2D eigenvalue weighted by Gasteiger charge is 2.16. The van der Waals surface area contributed by atoms with Gasteiger partial charge >= 0.3 is 0 Å². The van der Waals surface area contributed by atoms with Crippen LogP contribution in [0.25, 0.3) is 0 Å². The summed E-state index contributed by atoms with van der Waals surface area (Å²) < 4.78 is 10.6. The first-order chi connectivity index (χ1) is 12.5. The summed E-state index contributed by atoms with van der Waals surface area (Å²) in [5.74, 6) is -0.277. The van der Waals surface area contributed by atoms with Crippen molar-refractivity contribution in [2.45, 2.75) is 25.8 Å². The van der Waals surface area contributed by atoms with Crippen molar-refractivity contribution >= 4 is 11.9 Å². The topological polar surface area (TPSA) is 87.7 Å². The van der Waals surface area contributed by atoms with Crippen LogP contribution in [-0.4, -0.2) is 25.6 Å². The second-order valence-corrected chi connectivity index (χ2v) is 5.75. The molecule has 138 valence electrons. The van der Waals surface area contributed by atoms with Crippen molar-refractivity contribution in [1.82, 2.24) is 5.32 Å². The third-order valence-corrected chi connectivity index (χ3v) is 3.78. The number of carbonyl (C=O) groups is 2.